The third-order valence-electron chi connectivity index (χ3n) is 1.90. The molecule has 0 aliphatic carbocycles. The van der Waals surface area contributed by atoms with Crippen LogP contribution in [0, 0.1) is 0 Å². The van der Waals surface area contributed by atoms with Gasteiger partial charge >= 0.3 is 5.97 Å². The SMILES string of the molecule is C=C(C)CC(=O)OCC1CCCO1. The van der Waals surface area contributed by atoms with Crippen LogP contribution in [0.25, 0.3) is 0 Å². The second-order valence-corrected chi connectivity index (χ2v) is 3.45. The van der Waals surface area contributed by atoms with Gasteiger partial charge in [0.05, 0.1) is 12.5 Å². The van der Waals surface area contributed by atoms with E-state index in [-0.39, 0.29) is 12.1 Å². The summed E-state index contributed by atoms with van der Waals surface area (Å²) >= 11 is 0. The van der Waals surface area contributed by atoms with Gasteiger partial charge in [-0.2, -0.15) is 0 Å². The van der Waals surface area contributed by atoms with E-state index in [0.717, 1.165) is 25.0 Å². The number of ether oxygens (including phenoxy) is 2. The van der Waals surface area contributed by atoms with Crippen LogP contribution in [-0.2, 0) is 14.3 Å². The van der Waals surface area contributed by atoms with E-state index in [1.807, 2.05) is 6.92 Å². The molecule has 1 aliphatic rings. The lowest BCUT2D eigenvalue weighted by Gasteiger charge is -2.09. The summed E-state index contributed by atoms with van der Waals surface area (Å²) in [6, 6.07) is 0. The lowest BCUT2D eigenvalue weighted by atomic mass is 10.2. The van der Waals surface area contributed by atoms with Crippen LogP contribution in [0.2, 0.25) is 0 Å². The van der Waals surface area contributed by atoms with Crippen molar-refractivity contribution in [3.8, 4) is 0 Å². The minimum atomic E-state index is -0.206. The Bertz CT molecular complexity index is 192. The number of hydrogen-bond donors (Lipinski definition) is 0. The highest BCUT2D eigenvalue weighted by Crippen LogP contribution is 2.12. The third-order valence-corrected chi connectivity index (χ3v) is 1.90. The molecule has 74 valence electrons. The maximum absolute atomic E-state index is 11.1. The molecule has 3 heteroatoms. The van der Waals surface area contributed by atoms with Gasteiger partial charge in [0.25, 0.3) is 0 Å². The van der Waals surface area contributed by atoms with Crippen LogP contribution in [0.4, 0.5) is 0 Å². The molecule has 1 unspecified atom stereocenters. The van der Waals surface area contributed by atoms with E-state index in [1.54, 1.807) is 0 Å². The Morgan fingerprint density at radius 3 is 3.00 bits per heavy atom. The fourth-order valence-corrected chi connectivity index (χ4v) is 1.26. The van der Waals surface area contributed by atoms with Crippen molar-refractivity contribution in [1.29, 1.82) is 0 Å². The molecule has 0 radical (unpaired) electrons. The van der Waals surface area contributed by atoms with Gasteiger partial charge in [-0.15, -0.1) is 0 Å². The molecule has 0 spiro atoms. The molecule has 0 amide bonds. The summed E-state index contributed by atoms with van der Waals surface area (Å²) in [5, 5.41) is 0. The molecule has 1 fully saturated rings. The molecule has 0 aromatic carbocycles. The second kappa shape index (κ2) is 5.02. The summed E-state index contributed by atoms with van der Waals surface area (Å²) in [4.78, 5) is 11.1. The Morgan fingerprint density at radius 2 is 2.46 bits per heavy atom. The van der Waals surface area contributed by atoms with Crippen LogP contribution in [0.1, 0.15) is 26.2 Å². The van der Waals surface area contributed by atoms with Gasteiger partial charge in [-0.3, -0.25) is 4.79 Å². The minimum Gasteiger partial charge on any atom is -0.463 e. The molecule has 1 rings (SSSR count). The maximum Gasteiger partial charge on any atom is 0.309 e. The standard InChI is InChI=1S/C10H16O3/c1-8(2)6-10(11)13-7-9-4-3-5-12-9/h9H,1,3-7H2,2H3. The van der Waals surface area contributed by atoms with Crippen LogP contribution in [-0.4, -0.2) is 25.3 Å². The van der Waals surface area contributed by atoms with E-state index in [2.05, 4.69) is 6.58 Å². The molecule has 3 nitrogen and oxygen atoms in total. The van der Waals surface area contributed by atoms with E-state index < -0.39 is 0 Å². The highest BCUT2D eigenvalue weighted by atomic mass is 16.6. The van der Waals surface area contributed by atoms with Crippen LogP contribution in [0.3, 0.4) is 0 Å². The van der Waals surface area contributed by atoms with Crippen molar-refractivity contribution in [2.24, 2.45) is 0 Å². The van der Waals surface area contributed by atoms with Crippen molar-refractivity contribution in [2.45, 2.75) is 32.3 Å². The quantitative estimate of drug-likeness (QED) is 0.492. The number of esters is 1. The zero-order valence-electron chi connectivity index (χ0n) is 8.04. The Hall–Kier alpha value is -0.830. The Morgan fingerprint density at radius 1 is 1.69 bits per heavy atom. The largest absolute Gasteiger partial charge is 0.463 e. The van der Waals surface area contributed by atoms with E-state index in [1.165, 1.54) is 0 Å². The molecular weight excluding hydrogens is 168 g/mol. The molecule has 0 bridgehead atoms. The summed E-state index contributed by atoms with van der Waals surface area (Å²) in [6.45, 7) is 6.64. The van der Waals surface area contributed by atoms with Crippen molar-refractivity contribution in [3.05, 3.63) is 12.2 Å². The minimum absolute atomic E-state index is 0.120. The van der Waals surface area contributed by atoms with Crippen molar-refractivity contribution in [3.63, 3.8) is 0 Å². The number of hydrogen-bond acceptors (Lipinski definition) is 3. The first-order chi connectivity index (χ1) is 6.18. The third kappa shape index (κ3) is 4.08. The van der Waals surface area contributed by atoms with Crippen molar-refractivity contribution in [1.82, 2.24) is 0 Å². The van der Waals surface area contributed by atoms with Crippen molar-refractivity contribution < 1.29 is 14.3 Å². The Labute approximate surface area is 78.7 Å². The molecule has 0 saturated carbocycles. The Balaban J connectivity index is 2.10. The summed E-state index contributed by atoms with van der Waals surface area (Å²) < 4.78 is 10.3. The first-order valence-corrected chi connectivity index (χ1v) is 4.60. The van der Waals surface area contributed by atoms with Gasteiger partial charge in [-0.1, -0.05) is 12.2 Å². The molecule has 13 heavy (non-hydrogen) atoms. The topological polar surface area (TPSA) is 35.5 Å². The zero-order valence-corrected chi connectivity index (χ0v) is 8.04. The van der Waals surface area contributed by atoms with E-state index in [9.17, 15) is 4.79 Å². The normalized spacial score (nSPS) is 21.5. The van der Waals surface area contributed by atoms with Gasteiger partial charge in [0.15, 0.2) is 0 Å². The second-order valence-electron chi connectivity index (χ2n) is 3.45. The van der Waals surface area contributed by atoms with E-state index in [4.69, 9.17) is 9.47 Å². The monoisotopic (exact) mass is 184 g/mol. The van der Waals surface area contributed by atoms with Crippen molar-refractivity contribution >= 4 is 5.97 Å². The van der Waals surface area contributed by atoms with Crippen LogP contribution >= 0.6 is 0 Å². The van der Waals surface area contributed by atoms with E-state index in [0.29, 0.717) is 13.0 Å². The molecule has 0 N–H and O–H groups in total. The molecule has 1 saturated heterocycles. The lowest BCUT2D eigenvalue weighted by molar-refractivity contribution is -0.146. The molecule has 1 atom stereocenters. The lowest BCUT2D eigenvalue weighted by Crippen LogP contribution is -2.17. The smallest absolute Gasteiger partial charge is 0.309 e. The fraction of sp³-hybridized carbons (Fsp3) is 0.700. The summed E-state index contributed by atoms with van der Waals surface area (Å²) in [6.07, 6.45) is 2.50. The van der Waals surface area contributed by atoms with Crippen molar-refractivity contribution in [2.75, 3.05) is 13.2 Å². The summed E-state index contributed by atoms with van der Waals surface area (Å²) in [7, 11) is 0. The van der Waals surface area contributed by atoms with Gasteiger partial charge in [-0.25, -0.2) is 0 Å². The number of carbonyl (C=O) groups excluding carboxylic acids is 1. The molecule has 1 heterocycles. The van der Waals surface area contributed by atoms with E-state index >= 15 is 0 Å². The molecular formula is C10H16O3. The summed E-state index contributed by atoms with van der Waals surface area (Å²) in [5.41, 5.74) is 0.831. The predicted octanol–water partition coefficient (Wildman–Crippen LogP) is 1.67. The van der Waals surface area contributed by atoms with Gasteiger partial charge < -0.3 is 9.47 Å². The van der Waals surface area contributed by atoms with Crippen LogP contribution in [0.15, 0.2) is 12.2 Å². The average Bonchev–Trinajstić information content (AvgIpc) is 2.51. The van der Waals surface area contributed by atoms with Gasteiger partial charge in [0.1, 0.15) is 6.61 Å². The summed E-state index contributed by atoms with van der Waals surface area (Å²) in [5.74, 6) is -0.206. The van der Waals surface area contributed by atoms with Gasteiger partial charge in [-0.05, 0) is 19.8 Å². The number of carbonyl (C=O) groups is 1. The fourth-order valence-electron chi connectivity index (χ4n) is 1.26. The first-order valence-electron chi connectivity index (χ1n) is 4.60. The Kier molecular flexibility index (Phi) is 3.96. The molecule has 0 aromatic heterocycles. The molecule has 1 aliphatic heterocycles. The maximum atomic E-state index is 11.1. The number of rotatable bonds is 4. The van der Waals surface area contributed by atoms with Crippen LogP contribution in [0.5, 0.6) is 0 Å². The van der Waals surface area contributed by atoms with Gasteiger partial charge in [0, 0.05) is 6.61 Å². The molecule has 0 aromatic rings. The highest BCUT2D eigenvalue weighted by Gasteiger charge is 2.17. The van der Waals surface area contributed by atoms with Gasteiger partial charge in [0.2, 0.25) is 0 Å². The predicted molar refractivity (Wildman–Crippen MR) is 49.4 cm³/mol. The zero-order chi connectivity index (χ0) is 9.68. The first kappa shape index (κ1) is 10.3. The van der Waals surface area contributed by atoms with Crippen LogP contribution < -0.4 is 0 Å². The average molecular weight is 184 g/mol. The highest BCUT2D eigenvalue weighted by molar-refractivity contribution is 5.72.